The summed E-state index contributed by atoms with van der Waals surface area (Å²) in [5.41, 5.74) is 6.63. The number of hydrogen-bond acceptors (Lipinski definition) is 1. The molecule has 0 amide bonds. The zero-order valence-electron chi connectivity index (χ0n) is 13.9. The summed E-state index contributed by atoms with van der Waals surface area (Å²) in [6.07, 6.45) is 4.04. The van der Waals surface area contributed by atoms with E-state index in [2.05, 4.69) is 70.2 Å². The summed E-state index contributed by atoms with van der Waals surface area (Å²) >= 11 is 0. The van der Waals surface area contributed by atoms with Gasteiger partial charge in [0, 0.05) is 23.3 Å². The van der Waals surface area contributed by atoms with Crippen LogP contribution in [0.2, 0.25) is 0 Å². The van der Waals surface area contributed by atoms with Crippen molar-refractivity contribution in [2.24, 2.45) is 4.99 Å². The second kappa shape index (κ2) is 6.73. The largest absolute Gasteiger partial charge is 1.00 e. The Balaban J connectivity index is 0.00000168. The molecule has 1 N–H and O–H groups in total. The summed E-state index contributed by atoms with van der Waals surface area (Å²) in [6, 6.07) is 27.1. The summed E-state index contributed by atoms with van der Waals surface area (Å²) in [4.78, 5) is 8.33. The molecule has 2 aromatic heterocycles. The Hall–Kier alpha value is -2.98. The highest BCUT2D eigenvalue weighted by molar-refractivity contribution is 6.40. The van der Waals surface area contributed by atoms with Crippen LogP contribution in [0.25, 0.3) is 16.6 Å². The Kier molecular flexibility index (Phi) is 4.27. The molecule has 0 bridgehead atoms. The SMILES string of the molecule is C1=[NH+]c2ccccc2C1=Nc1c(-c2ccccc2)cc2ccccn12.[Br-]. The fourth-order valence-corrected chi connectivity index (χ4v) is 3.32. The molecule has 4 heteroatoms. The minimum Gasteiger partial charge on any atom is -1.00 e. The molecule has 126 valence electrons. The number of pyridine rings is 1. The van der Waals surface area contributed by atoms with E-state index in [0.717, 1.165) is 33.9 Å². The molecule has 1 aliphatic heterocycles. The van der Waals surface area contributed by atoms with E-state index in [1.54, 1.807) is 0 Å². The zero-order valence-corrected chi connectivity index (χ0v) is 15.5. The minimum atomic E-state index is 0. The van der Waals surface area contributed by atoms with Crippen molar-refractivity contribution >= 4 is 28.9 Å². The molecule has 26 heavy (non-hydrogen) atoms. The van der Waals surface area contributed by atoms with Gasteiger partial charge in [-0.15, -0.1) is 0 Å². The van der Waals surface area contributed by atoms with Gasteiger partial charge in [0.05, 0.1) is 5.56 Å². The smallest absolute Gasteiger partial charge is 0.213 e. The van der Waals surface area contributed by atoms with Gasteiger partial charge >= 0.3 is 0 Å². The molecule has 0 unspecified atom stereocenters. The quantitative estimate of drug-likeness (QED) is 0.507. The highest BCUT2D eigenvalue weighted by Crippen LogP contribution is 2.34. The topological polar surface area (TPSA) is 30.7 Å². The van der Waals surface area contributed by atoms with Crippen molar-refractivity contribution < 1.29 is 22.0 Å². The molecular formula is C22H16BrN3. The Morgan fingerprint density at radius 2 is 1.54 bits per heavy atom. The molecule has 0 spiro atoms. The van der Waals surface area contributed by atoms with E-state index in [1.807, 2.05) is 30.5 Å². The molecule has 4 aromatic rings. The third-order valence-corrected chi connectivity index (χ3v) is 4.53. The van der Waals surface area contributed by atoms with E-state index >= 15 is 0 Å². The lowest BCUT2D eigenvalue weighted by Gasteiger charge is -2.03. The normalized spacial score (nSPS) is 13.8. The van der Waals surface area contributed by atoms with E-state index in [1.165, 1.54) is 5.56 Å². The molecular weight excluding hydrogens is 386 g/mol. The Bertz CT molecular complexity index is 1140. The first-order valence-corrected chi connectivity index (χ1v) is 8.33. The highest BCUT2D eigenvalue weighted by Gasteiger charge is 2.21. The minimum absolute atomic E-state index is 0. The summed E-state index contributed by atoms with van der Waals surface area (Å²) in [7, 11) is 0. The Morgan fingerprint density at radius 3 is 2.42 bits per heavy atom. The molecule has 0 aliphatic carbocycles. The van der Waals surface area contributed by atoms with Crippen LogP contribution in [0.15, 0.2) is 90.1 Å². The monoisotopic (exact) mass is 401 g/mol. The van der Waals surface area contributed by atoms with Gasteiger partial charge in [-0.3, -0.25) is 0 Å². The molecule has 0 fully saturated rings. The van der Waals surface area contributed by atoms with Crippen LogP contribution in [-0.4, -0.2) is 16.3 Å². The Morgan fingerprint density at radius 1 is 0.769 bits per heavy atom. The van der Waals surface area contributed by atoms with Gasteiger partial charge in [0.2, 0.25) is 5.69 Å². The van der Waals surface area contributed by atoms with Gasteiger partial charge in [-0.2, -0.15) is 0 Å². The number of fused-ring (bicyclic) bond motifs is 2. The lowest BCUT2D eigenvalue weighted by molar-refractivity contribution is -0.342. The molecule has 3 heterocycles. The number of para-hydroxylation sites is 1. The molecule has 2 aromatic carbocycles. The molecule has 0 atom stereocenters. The fraction of sp³-hybridized carbons (Fsp3) is 0. The zero-order chi connectivity index (χ0) is 16.6. The molecule has 3 nitrogen and oxygen atoms in total. The predicted octanol–water partition coefficient (Wildman–Crippen LogP) is 0.528. The maximum Gasteiger partial charge on any atom is 0.213 e. The van der Waals surface area contributed by atoms with Gasteiger partial charge in [0.25, 0.3) is 0 Å². The van der Waals surface area contributed by atoms with E-state index in [0.29, 0.717) is 0 Å². The lowest BCUT2D eigenvalue weighted by atomic mass is 10.1. The number of rotatable bonds is 2. The second-order valence-corrected chi connectivity index (χ2v) is 6.07. The van der Waals surface area contributed by atoms with Crippen LogP contribution < -0.4 is 22.0 Å². The van der Waals surface area contributed by atoms with E-state index in [4.69, 9.17) is 4.99 Å². The van der Waals surface area contributed by atoms with Crippen molar-refractivity contribution in [3.8, 4) is 11.1 Å². The predicted molar refractivity (Wildman–Crippen MR) is 102 cm³/mol. The first-order valence-electron chi connectivity index (χ1n) is 8.33. The van der Waals surface area contributed by atoms with Gasteiger partial charge in [-0.25, -0.2) is 9.98 Å². The summed E-state index contributed by atoms with van der Waals surface area (Å²) in [5, 5.41) is 0. The number of aromatic nitrogens is 1. The lowest BCUT2D eigenvalue weighted by Crippen LogP contribution is -3.00. The second-order valence-electron chi connectivity index (χ2n) is 6.07. The summed E-state index contributed by atoms with van der Waals surface area (Å²) < 4.78 is 2.14. The fourth-order valence-electron chi connectivity index (χ4n) is 3.32. The van der Waals surface area contributed by atoms with Crippen molar-refractivity contribution in [2.75, 3.05) is 0 Å². The molecule has 5 rings (SSSR count). The number of halogens is 1. The first-order chi connectivity index (χ1) is 12.4. The average Bonchev–Trinajstić information content (AvgIpc) is 3.25. The van der Waals surface area contributed by atoms with Crippen LogP contribution in [0.1, 0.15) is 5.56 Å². The number of nitrogens with zero attached hydrogens (tertiary/aromatic N) is 2. The summed E-state index contributed by atoms with van der Waals surface area (Å²) in [5.74, 6) is 0.951. The van der Waals surface area contributed by atoms with Crippen molar-refractivity contribution in [1.82, 2.24) is 4.40 Å². The Labute approximate surface area is 162 Å². The van der Waals surface area contributed by atoms with Crippen LogP contribution in [-0.2, 0) is 0 Å². The summed E-state index contributed by atoms with van der Waals surface area (Å²) in [6.45, 7) is 0. The van der Waals surface area contributed by atoms with Crippen molar-refractivity contribution in [1.29, 1.82) is 0 Å². The van der Waals surface area contributed by atoms with Crippen LogP contribution >= 0.6 is 0 Å². The standard InChI is InChI=1S/C22H15N3.BrH/c1-2-8-16(9-3-1)19-14-17-10-6-7-13-25(17)22(19)24-21-15-23-20-12-5-4-11-18(20)21;/h1-15H;1H. The molecule has 0 saturated carbocycles. The van der Waals surface area contributed by atoms with Gasteiger partial charge in [-0.1, -0.05) is 48.5 Å². The van der Waals surface area contributed by atoms with Crippen LogP contribution in [0.5, 0.6) is 0 Å². The number of nitrogens with one attached hydrogen (secondary N) is 1. The van der Waals surface area contributed by atoms with Gasteiger partial charge in [0.15, 0.2) is 6.21 Å². The van der Waals surface area contributed by atoms with Crippen LogP contribution in [0.3, 0.4) is 0 Å². The number of aliphatic imine (C=N–C) groups is 1. The van der Waals surface area contributed by atoms with Crippen molar-refractivity contribution in [3.63, 3.8) is 0 Å². The maximum absolute atomic E-state index is 5.03. The van der Waals surface area contributed by atoms with Crippen molar-refractivity contribution in [3.05, 3.63) is 90.6 Å². The number of hydrogen-bond donors (Lipinski definition) is 1. The third-order valence-electron chi connectivity index (χ3n) is 4.53. The van der Waals surface area contributed by atoms with Crippen LogP contribution in [0, 0.1) is 0 Å². The maximum atomic E-state index is 5.03. The van der Waals surface area contributed by atoms with Gasteiger partial charge < -0.3 is 21.4 Å². The number of benzene rings is 2. The van der Waals surface area contributed by atoms with Gasteiger partial charge in [-0.05, 0) is 29.8 Å². The third kappa shape index (κ3) is 2.68. The van der Waals surface area contributed by atoms with Crippen LogP contribution in [0.4, 0.5) is 11.5 Å². The van der Waals surface area contributed by atoms with E-state index in [9.17, 15) is 0 Å². The molecule has 0 radical (unpaired) electrons. The molecule has 0 saturated heterocycles. The highest BCUT2D eigenvalue weighted by atomic mass is 79.9. The molecule has 1 aliphatic rings. The van der Waals surface area contributed by atoms with Crippen molar-refractivity contribution in [2.45, 2.75) is 0 Å². The van der Waals surface area contributed by atoms with E-state index in [-0.39, 0.29) is 17.0 Å². The van der Waals surface area contributed by atoms with E-state index < -0.39 is 0 Å². The van der Waals surface area contributed by atoms with Gasteiger partial charge in [0.1, 0.15) is 11.5 Å². The first kappa shape index (κ1) is 16.5. The average molecular weight is 402 g/mol.